The summed E-state index contributed by atoms with van der Waals surface area (Å²) in [6, 6.07) is 0. The summed E-state index contributed by atoms with van der Waals surface area (Å²) in [5.41, 5.74) is 1.77. The third-order valence-electron chi connectivity index (χ3n) is 6.41. The first-order valence-electron chi connectivity index (χ1n) is 7.11. The van der Waals surface area contributed by atoms with Gasteiger partial charge < -0.3 is 0 Å². The third-order valence-corrected chi connectivity index (χ3v) is 6.41. The summed E-state index contributed by atoms with van der Waals surface area (Å²) in [4.78, 5) is 12.6. The van der Waals surface area contributed by atoms with E-state index in [0.29, 0.717) is 23.5 Å². The Morgan fingerprint density at radius 2 is 2.06 bits per heavy atom. The fourth-order valence-corrected chi connectivity index (χ4v) is 4.96. The highest BCUT2D eigenvalue weighted by atomic mass is 16.1. The Bertz CT molecular complexity index is 404. The number of carbonyl (C=O) groups is 1. The van der Waals surface area contributed by atoms with Gasteiger partial charge in [0.2, 0.25) is 0 Å². The molecule has 3 aliphatic carbocycles. The quantitative estimate of drug-likeness (QED) is 0.625. The van der Waals surface area contributed by atoms with Crippen LogP contribution in [0.4, 0.5) is 0 Å². The van der Waals surface area contributed by atoms with E-state index in [-0.39, 0.29) is 10.8 Å². The van der Waals surface area contributed by atoms with Crippen LogP contribution in [0, 0.1) is 28.6 Å². The zero-order valence-corrected chi connectivity index (χ0v) is 11.5. The lowest BCUT2D eigenvalue weighted by molar-refractivity contribution is -0.135. The molecule has 0 amide bonds. The molecule has 17 heavy (non-hydrogen) atoms. The van der Waals surface area contributed by atoms with Gasteiger partial charge in [0, 0.05) is 11.3 Å². The zero-order valence-electron chi connectivity index (χ0n) is 11.5. The molecule has 0 radical (unpaired) electrons. The first kappa shape index (κ1) is 11.5. The van der Waals surface area contributed by atoms with Gasteiger partial charge in [0.15, 0.2) is 0 Å². The second-order valence-electron chi connectivity index (χ2n) is 7.21. The van der Waals surface area contributed by atoms with Crippen LogP contribution in [-0.4, -0.2) is 5.78 Å². The first-order valence-corrected chi connectivity index (χ1v) is 7.11. The smallest absolute Gasteiger partial charge is 0.142 e. The predicted octanol–water partition coefficient (Wildman–Crippen LogP) is 3.98. The average molecular weight is 232 g/mol. The largest absolute Gasteiger partial charge is 0.299 e. The van der Waals surface area contributed by atoms with Gasteiger partial charge in [-0.3, -0.25) is 4.79 Å². The molecule has 0 heterocycles. The molecule has 0 spiro atoms. The summed E-state index contributed by atoms with van der Waals surface area (Å²) in [5, 5.41) is 0. The minimum Gasteiger partial charge on any atom is -0.299 e. The van der Waals surface area contributed by atoms with Crippen molar-refractivity contribution in [2.24, 2.45) is 28.6 Å². The summed E-state index contributed by atoms with van der Waals surface area (Å²) < 4.78 is 0. The van der Waals surface area contributed by atoms with Crippen molar-refractivity contribution in [3.8, 4) is 0 Å². The molecular formula is C16H24O. The van der Waals surface area contributed by atoms with Crippen molar-refractivity contribution < 1.29 is 4.79 Å². The van der Waals surface area contributed by atoms with Crippen molar-refractivity contribution in [3.05, 3.63) is 11.6 Å². The Balaban J connectivity index is 1.99. The van der Waals surface area contributed by atoms with E-state index in [1.165, 1.54) is 18.4 Å². The van der Waals surface area contributed by atoms with Crippen LogP contribution < -0.4 is 0 Å². The number of hydrogen-bond acceptors (Lipinski definition) is 1. The molecule has 2 fully saturated rings. The molecule has 0 aromatic carbocycles. The topological polar surface area (TPSA) is 17.1 Å². The number of rotatable bonds is 1. The minimum absolute atomic E-state index is 0.0435. The number of ketones is 1. The van der Waals surface area contributed by atoms with Crippen molar-refractivity contribution in [3.63, 3.8) is 0 Å². The highest BCUT2D eigenvalue weighted by Crippen LogP contribution is 2.64. The normalized spacial score (nSPS) is 47.6. The van der Waals surface area contributed by atoms with Crippen molar-refractivity contribution in [1.29, 1.82) is 0 Å². The summed E-state index contributed by atoms with van der Waals surface area (Å²) in [5.74, 6) is 2.19. The Labute approximate surface area is 105 Å². The Kier molecular flexibility index (Phi) is 2.19. The number of carbonyl (C=O) groups excluding carboxylic acids is 1. The molecular weight excluding hydrogens is 208 g/mol. The van der Waals surface area contributed by atoms with Crippen LogP contribution in [0.5, 0.6) is 0 Å². The van der Waals surface area contributed by atoms with Crippen LogP contribution >= 0.6 is 0 Å². The number of allylic oxidation sites excluding steroid dienone is 2. The number of hydrogen-bond donors (Lipinski definition) is 0. The molecule has 0 saturated heterocycles. The maximum Gasteiger partial charge on any atom is 0.142 e. The predicted molar refractivity (Wildman–Crippen MR) is 69.6 cm³/mol. The molecule has 0 N–H and O–H groups in total. The Morgan fingerprint density at radius 3 is 2.53 bits per heavy atom. The Hall–Kier alpha value is -0.590. The molecule has 3 rings (SSSR count). The lowest BCUT2D eigenvalue weighted by Gasteiger charge is -2.42. The molecule has 2 saturated carbocycles. The van der Waals surface area contributed by atoms with Gasteiger partial charge >= 0.3 is 0 Å². The lowest BCUT2D eigenvalue weighted by Crippen LogP contribution is -2.42. The summed E-state index contributed by atoms with van der Waals surface area (Å²) in [7, 11) is 0. The SMILES string of the molecule is CC1=CCC(C23CCC(C2)C(C)C3=O)C1(C)C. The van der Waals surface area contributed by atoms with E-state index in [1.54, 1.807) is 0 Å². The zero-order chi connectivity index (χ0) is 12.4. The van der Waals surface area contributed by atoms with Crippen molar-refractivity contribution in [2.75, 3.05) is 0 Å². The average Bonchev–Trinajstić information content (AvgIpc) is 2.87. The maximum atomic E-state index is 12.6. The first-order chi connectivity index (χ1) is 7.89. The molecule has 0 aromatic rings. The van der Waals surface area contributed by atoms with E-state index in [2.05, 4.69) is 33.8 Å². The summed E-state index contributed by atoms with van der Waals surface area (Å²) in [6.07, 6.45) is 7.14. The lowest BCUT2D eigenvalue weighted by atomic mass is 9.60. The fraction of sp³-hybridized carbons (Fsp3) is 0.812. The highest BCUT2D eigenvalue weighted by molar-refractivity contribution is 5.90. The van der Waals surface area contributed by atoms with Crippen LogP contribution in [0.2, 0.25) is 0 Å². The van der Waals surface area contributed by atoms with Gasteiger partial charge in [-0.1, -0.05) is 32.4 Å². The van der Waals surface area contributed by atoms with Gasteiger partial charge in [0.1, 0.15) is 5.78 Å². The molecule has 1 heteroatoms. The molecule has 1 nitrogen and oxygen atoms in total. The van der Waals surface area contributed by atoms with Crippen molar-refractivity contribution >= 4 is 5.78 Å². The molecule has 0 aromatic heterocycles. The second kappa shape index (κ2) is 3.24. The molecule has 0 aliphatic heterocycles. The fourth-order valence-electron chi connectivity index (χ4n) is 4.96. The van der Waals surface area contributed by atoms with Gasteiger partial charge in [0.25, 0.3) is 0 Å². The molecule has 2 bridgehead atoms. The van der Waals surface area contributed by atoms with Crippen LogP contribution in [0.15, 0.2) is 11.6 Å². The number of fused-ring (bicyclic) bond motifs is 2. The maximum absolute atomic E-state index is 12.6. The van der Waals surface area contributed by atoms with Crippen LogP contribution in [-0.2, 0) is 4.79 Å². The van der Waals surface area contributed by atoms with Gasteiger partial charge in [-0.2, -0.15) is 0 Å². The van der Waals surface area contributed by atoms with Crippen LogP contribution in [0.25, 0.3) is 0 Å². The van der Waals surface area contributed by atoms with E-state index >= 15 is 0 Å². The summed E-state index contributed by atoms with van der Waals surface area (Å²) in [6.45, 7) is 9.09. The minimum atomic E-state index is 0.0435. The van der Waals surface area contributed by atoms with Gasteiger partial charge in [-0.25, -0.2) is 0 Å². The van der Waals surface area contributed by atoms with E-state index in [9.17, 15) is 4.79 Å². The van der Waals surface area contributed by atoms with E-state index < -0.39 is 0 Å². The molecule has 4 unspecified atom stereocenters. The van der Waals surface area contributed by atoms with Gasteiger partial charge in [-0.05, 0) is 49.9 Å². The summed E-state index contributed by atoms with van der Waals surface area (Å²) >= 11 is 0. The van der Waals surface area contributed by atoms with Crippen LogP contribution in [0.3, 0.4) is 0 Å². The van der Waals surface area contributed by atoms with Crippen LogP contribution in [0.1, 0.15) is 53.4 Å². The second-order valence-corrected chi connectivity index (χ2v) is 7.21. The van der Waals surface area contributed by atoms with E-state index in [1.807, 2.05) is 0 Å². The molecule has 94 valence electrons. The van der Waals surface area contributed by atoms with E-state index in [4.69, 9.17) is 0 Å². The molecule has 4 atom stereocenters. The van der Waals surface area contributed by atoms with E-state index in [0.717, 1.165) is 12.8 Å². The van der Waals surface area contributed by atoms with Gasteiger partial charge in [-0.15, -0.1) is 0 Å². The van der Waals surface area contributed by atoms with Gasteiger partial charge in [0.05, 0.1) is 0 Å². The standard InChI is InChI=1S/C16H24O/c1-10-5-6-13(15(10,3)4)16-8-7-12(9-16)11(2)14(16)17/h5,11-13H,6-9H2,1-4H3. The number of Topliss-reactive ketones (excluding diaryl/α,β-unsaturated/α-hetero) is 1. The van der Waals surface area contributed by atoms with Crippen molar-refractivity contribution in [2.45, 2.75) is 53.4 Å². The highest BCUT2D eigenvalue weighted by Gasteiger charge is 2.62. The molecule has 3 aliphatic rings. The van der Waals surface area contributed by atoms with Crippen molar-refractivity contribution in [1.82, 2.24) is 0 Å². The third kappa shape index (κ3) is 1.23. The Morgan fingerprint density at radius 1 is 1.35 bits per heavy atom. The monoisotopic (exact) mass is 232 g/mol.